The maximum absolute atomic E-state index is 12.8. The summed E-state index contributed by atoms with van der Waals surface area (Å²) in [7, 11) is 0. The number of carbonyl (C=O) groups excluding carboxylic acids is 2. The molecule has 1 aliphatic heterocycles. The van der Waals surface area contributed by atoms with Gasteiger partial charge in [-0.1, -0.05) is 12.2 Å². The molecule has 0 aliphatic carbocycles. The molecule has 0 radical (unpaired) electrons. The van der Waals surface area contributed by atoms with E-state index in [0.717, 1.165) is 13.7 Å². The summed E-state index contributed by atoms with van der Waals surface area (Å²) in [5.74, 6) is -0.693. The average molecular weight is 405 g/mol. The summed E-state index contributed by atoms with van der Waals surface area (Å²) in [6, 6.07) is -1.30. The molecule has 0 bridgehead atoms. The van der Waals surface area contributed by atoms with Crippen molar-refractivity contribution in [3.8, 4) is 0 Å². The van der Waals surface area contributed by atoms with E-state index in [1.54, 1.807) is 13.8 Å². The van der Waals surface area contributed by atoms with Gasteiger partial charge in [-0.2, -0.15) is 0 Å². The number of amides is 2. The van der Waals surface area contributed by atoms with Gasteiger partial charge in [-0.15, -0.1) is 13.2 Å². The maximum atomic E-state index is 12.8. The number of hydrogen-bond acceptors (Lipinski definition) is 6. The standard InChI is InChI=1S/C18H23N5O6/c1-5-8-21-16(26)22(9-6-2)18(28)23(17(21)27)10-12-13(14(24)29-7-3)11(4)19-15(25)20-12/h5-6,11H,1-2,7-10H2,3-4H3,(H2,19,20,25)/t11-/m0/s1. The Morgan fingerprint density at radius 2 is 1.55 bits per heavy atom. The number of hydrogen-bond donors (Lipinski definition) is 2. The second-order valence-electron chi connectivity index (χ2n) is 6.17. The fourth-order valence-electron chi connectivity index (χ4n) is 2.95. The molecule has 0 spiro atoms. The van der Waals surface area contributed by atoms with Crippen molar-refractivity contribution < 1.29 is 14.3 Å². The molecular formula is C18H23N5O6. The van der Waals surface area contributed by atoms with Crippen molar-refractivity contribution in [2.24, 2.45) is 0 Å². The van der Waals surface area contributed by atoms with Crippen LogP contribution in [-0.4, -0.2) is 38.4 Å². The molecule has 1 aliphatic rings. The molecule has 156 valence electrons. The lowest BCUT2D eigenvalue weighted by Gasteiger charge is -2.27. The molecule has 0 saturated carbocycles. The van der Waals surface area contributed by atoms with Crippen molar-refractivity contribution in [2.45, 2.75) is 39.5 Å². The van der Waals surface area contributed by atoms with Crippen LogP contribution >= 0.6 is 0 Å². The molecule has 0 fully saturated rings. The minimum Gasteiger partial charge on any atom is -0.463 e. The van der Waals surface area contributed by atoms with Gasteiger partial charge in [-0.3, -0.25) is 0 Å². The quantitative estimate of drug-likeness (QED) is 0.424. The van der Waals surface area contributed by atoms with E-state index in [1.165, 1.54) is 12.2 Å². The van der Waals surface area contributed by atoms with Crippen LogP contribution in [0.4, 0.5) is 4.79 Å². The van der Waals surface area contributed by atoms with Crippen molar-refractivity contribution >= 4 is 12.0 Å². The number of urea groups is 1. The molecule has 29 heavy (non-hydrogen) atoms. The zero-order valence-electron chi connectivity index (χ0n) is 16.3. The second-order valence-corrected chi connectivity index (χ2v) is 6.17. The summed E-state index contributed by atoms with van der Waals surface area (Å²) in [6.45, 7) is 9.64. The Bertz CT molecular complexity index is 1010. The fraction of sp³-hybridized carbons (Fsp3) is 0.389. The summed E-state index contributed by atoms with van der Waals surface area (Å²) in [4.78, 5) is 62.2. The minimum absolute atomic E-state index is 0.0351. The zero-order chi connectivity index (χ0) is 21.7. The van der Waals surface area contributed by atoms with E-state index in [4.69, 9.17) is 4.74 Å². The van der Waals surface area contributed by atoms with Gasteiger partial charge in [-0.05, 0) is 13.8 Å². The zero-order valence-corrected chi connectivity index (χ0v) is 16.3. The van der Waals surface area contributed by atoms with E-state index in [9.17, 15) is 24.0 Å². The molecule has 1 aromatic rings. The van der Waals surface area contributed by atoms with E-state index in [-0.39, 0.29) is 31.0 Å². The summed E-state index contributed by atoms with van der Waals surface area (Å²) in [5, 5.41) is 4.97. The van der Waals surface area contributed by atoms with Crippen molar-refractivity contribution in [3.63, 3.8) is 0 Å². The Hall–Kier alpha value is -3.63. The summed E-state index contributed by atoms with van der Waals surface area (Å²) in [6.07, 6.45) is 2.68. The Balaban J connectivity index is 2.72. The van der Waals surface area contributed by atoms with Gasteiger partial charge in [0.25, 0.3) is 0 Å². The van der Waals surface area contributed by atoms with Crippen LogP contribution in [0.1, 0.15) is 13.8 Å². The van der Waals surface area contributed by atoms with Crippen LogP contribution in [0.25, 0.3) is 0 Å². The van der Waals surface area contributed by atoms with Crippen molar-refractivity contribution in [2.75, 3.05) is 6.61 Å². The predicted octanol–water partition coefficient (Wildman–Crippen LogP) is -0.938. The molecule has 11 nitrogen and oxygen atoms in total. The highest BCUT2D eigenvalue weighted by Gasteiger charge is 2.30. The Labute approximate surface area is 165 Å². The molecule has 1 atom stereocenters. The lowest BCUT2D eigenvalue weighted by atomic mass is 10.0. The van der Waals surface area contributed by atoms with Crippen molar-refractivity contribution in [1.82, 2.24) is 24.3 Å². The molecular weight excluding hydrogens is 382 g/mol. The highest BCUT2D eigenvalue weighted by molar-refractivity contribution is 5.94. The highest BCUT2D eigenvalue weighted by Crippen LogP contribution is 2.15. The topological polar surface area (TPSA) is 133 Å². The molecule has 2 amide bonds. The monoisotopic (exact) mass is 405 g/mol. The smallest absolute Gasteiger partial charge is 0.337 e. The normalized spacial score (nSPS) is 16.1. The third-order valence-corrected chi connectivity index (χ3v) is 4.19. The number of allylic oxidation sites excluding steroid dienone is 3. The van der Waals surface area contributed by atoms with Crippen LogP contribution < -0.4 is 27.7 Å². The van der Waals surface area contributed by atoms with Gasteiger partial charge >= 0.3 is 29.1 Å². The minimum atomic E-state index is -0.892. The first-order valence-corrected chi connectivity index (χ1v) is 8.90. The molecule has 0 aromatic carbocycles. The Morgan fingerprint density at radius 3 is 2.03 bits per heavy atom. The molecule has 2 heterocycles. The van der Waals surface area contributed by atoms with E-state index >= 15 is 0 Å². The summed E-state index contributed by atoms with van der Waals surface area (Å²) >= 11 is 0. The lowest BCUT2D eigenvalue weighted by Crippen LogP contribution is -2.56. The molecule has 1 aromatic heterocycles. The van der Waals surface area contributed by atoms with E-state index in [2.05, 4.69) is 23.8 Å². The third kappa shape index (κ3) is 4.28. The first kappa shape index (κ1) is 21.7. The fourth-order valence-corrected chi connectivity index (χ4v) is 2.95. The Morgan fingerprint density at radius 1 is 1.03 bits per heavy atom. The van der Waals surface area contributed by atoms with Gasteiger partial charge < -0.3 is 15.4 Å². The number of aromatic nitrogens is 3. The summed E-state index contributed by atoms with van der Waals surface area (Å²) < 4.78 is 7.44. The van der Waals surface area contributed by atoms with Gasteiger partial charge in [0.05, 0.1) is 43.6 Å². The second kappa shape index (κ2) is 9.04. The van der Waals surface area contributed by atoms with Crippen LogP contribution in [0.5, 0.6) is 0 Å². The number of nitrogens with one attached hydrogen (secondary N) is 2. The van der Waals surface area contributed by atoms with Gasteiger partial charge in [0.1, 0.15) is 0 Å². The van der Waals surface area contributed by atoms with Crippen LogP contribution in [0, 0.1) is 0 Å². The number of esters is 1. The molecule has 2 N–H and O–H groups in total. The average Bonchev–Trinajstić information content (AvgIpc) is 2.65. The SMILES string of the molecule is C=CCn1c(=O)n(CC=C)c(=O)n(CC2=C(C(=O)OCC)[C@H](C)NC(=O)N2)c1=O. The van der Waals surface area contributed by atoms with Gasteiger partial charge in [0, 0.05) is 0 Å². The first-order valence-electron chi connectivity index (χ1n) is 8.90. The number of rotatable bonds is 8. The molecule has 11 heteroatoms. The highest BCUT2D eigenvalue weighted by atomic mass is 16.5. The number of ether oxygens (including phenoxy) is 1. The van der Waals surface area contributed by atoms with Crippen molar-refractivity contribution in [3.05, 3.63) is 68.0 Å². The van der Waals surface area contributed by atoms with Gasteiger partial charge in [-0.25, -0.2) is 37.7 Å². The molecule has 0 saturated heterocycles. The van der Waals surface area contributed by atoms with E-state index in [1.807, 2.05) is 0 Å². The van der Waals surface area contributed by atoms with Crippen LogP contribution in [0.15, 0.2) is 51.0 Å². The van der Waals surface area contributed by atoms with Crippen LogP contribution in [-0.2, 0) is 29.2 Å². The maximum Gasteiger partial charge on any atom is 0.337 e. The van der Waals surface area contributed by atoms with Crippen molar-refractivity contribution in [1.29, 1.82) is 0 Å². The number of nitrogens with zero attached hydrogens (tertiary/aromatic N) is 3. The largest absolute Gasteiger partial charge is 0.463 e. The van der Waals surface area contributed by atoms with Crippen LogP contribution in [0.2, 0.25) is 0 Å². The number of carbonyl (C=O) groups is 2. The van der Waals surface area contributed by atoms with E-state index < -0.39 is 41.7 Å². The van der Waals surface area contributed by atoms with Gasteiger partial charge in [0.2, 0.25) is 0 Å². The third-order valence-electron chi connectivity index (χ3n) is 4.19. The Kier molecular flexibility index (Phi) is 6.75. The molecule has 0 unspecified atom stereocenters. The first-order chi connectivity index (χ1) is 13.8. The molecule has 2 rings (SSSR count). The van der Waals surface area contributed by atoms with E-state index in [0.29, 0.717) is 0 Å². The predicted molar refractivity (Wildman–Crippen MR) is 104 cm³/mol. The van der Waals surface area contributed by atoms with Crippen LogP contribution in [0.3, 0.4) is 0 Å². The summed E-state index contributed by atoms with van der Waals surface area (Å²) in [5.41, 5.74) is -2.48. The lowest BCUT2D eigenvalue weighted by molar-refractivity contribution is -0.139. The van der Waals surface area contributed by atoms with Gasteiger partial charge in [0.15, 0.2) is 0 Å².